The number of hydrogen-bond acceptors (Lipinski definition) is 6. The third-order valence-electron chi connectivity index (χ3n) is 12.1. The van der Waals surface area contributed by atoms with E-state index in [9.17, 15) is 14.4 Å². The van der Waals surface area contributed by atoms with Crippen LogP contribution in [0.5, 0.6) is 0 Å². The predicted octanol–water partition coefficient (Wildman–Crippen LogP) is 20.2. The van der Waals surface area contributed by atoms with Crippen LogP contribution in [0.1, 0.15) is 252 Å². The van der Waals surface area contributed by atoms with Gasteiger partial charge in [0.05, 0.1) is 0 Å². The van der Waals surface area contributed by atoms with Crippen LogP contribution in [-0.2, 0) is 28.6 Å². The zero-order valence-electron chi connectivity index (χ0n) is 47.1. The minimum absolute atomic E-state index is 0.103. The zero-order chi connectivity index (χ0) is 52.9. The summed E-state index contributed by atoms with van der Waals surface area (Å²) in [6, 6.07) is 0. The van der Waals surface area contributed by atoms with E-state index < -0.39 is 6.10 Å². The molecule has 0 spiro atoms. The first-order valence-corrected chi connectivity index (χ1v) is 29.7. The third kappa shape index (κ3) is 58.3. The van der Waals surface area contributed by atoms with Crippen LogP contribution < -0.4 is 0 Å². The Labute approximate surface area is 449 Å². The molecule has 412 valence electrons. The maximum atomic E-state index is 12.8. The van der Waals surface area contributed by atoms with Crippen LogP contribution in [0.2, 0.25) is 0 Å². The molecule has 6 heteroatoms. The highest BCUT2D eigenvalue weighted by Gasteiger charge is 2.19. The van der Waals surface area contributed by atoms with Crippen molar-refractivity contribution in [2.24, 2.45) is 0 Å². The molecule has 6 nitrogen and oxygen atoms in total. The van der Waals surface area contributed by atoms with Gasteiger partial charge in [0.2, 0.25) is 0 Å². The van der Waals surface area contributed by atoms with E-state index in [1.807, 2.05) is 0 Å². The number of carbonyl (C=O) groups is 3. The van der Waals surface area contributed by atoms with Crippen LogP contribution in [0.15, 0.2) is 134 Å². The Morgan fingerprint density at radius 2 is 0.534 bits per heavy atom. The SMILES string of the molecule is CC/C=C\C/C=C\C/C=C\C/C=C\C/C=C\C/C=C\CCCCCCCCCCCCC(=O)OCC(COC(=O)CCCCCCC/C=C\CCCC)OC(=O)CCCC/C=C\C/C=C\C/C=C\C/C=C\CC. The van der Waals surface area contributed by atoms with E-state index in [-0.39, 0.29) is 37.5 Å². The lowest BCUT2D eigenvalue weighted by Crippen LogP contribution is -2.30. The first-order valence-electron chi connectivity index (χ1n) is 29.7. The first kappa shape index (κ1) is 68.6. The van der Waals surface area contributed by atoms with Crippen LogP contribution in [0.3, 0.4) is 0 Å². The van der Waals surface area contributed by atoms with Crippen molar-refractivity contribution < 1.29 is 28.6 Å². The number of carbonyl (C=O) groups excluding carboxylic acids is 3. The molecule has 0 bridgehead atoms. The molecule has 0 amide bonds. The van der Waals surface area contributed by atoms with E-state index in [0.29, 0.717) is 19.3 Å². The van der Waals surface area contributed by atoms with Gasteiger partial charge in [-0.2, -0.15) is 0 Å². The van der Waals surface area contributed by atoms with E-state index in [1.165, 1.54) is 77.0 Å². The quantitative estimate of drug-likeness (QED) is 0.0261. The number of esters is 3. The molecule has 0 aliphatic heterocycles. The average molecular weight is 1010 g/mol. The van der Waals surface area contributed by atoms with E-state index in [2.05, 4.69) is 154 Å². The van der Waals surface area contributed by atoms with Gasteiger partial charge in [-0.3, -0.25) is 14.4 Å². The molecule has 0 aliphatic rings. The van der Waals surface area contributed by atoms with Gasteiger partial charge in [0.15, 0.2) is 6.10 Å². The molecule has 0 aromatic heterocycles. The van der Waals surface area contributed by atoms with Gasteiger partial charge in [-0.1, -0.05) is 238 Å². The van der Waals surface area contributed by atoms with E-state index in [1.54, 1.807) is 0 Å². The molecule has 0 saturated heterocycles. The Morgan fingerprint density at radius 3 is 0.877 bits per heavy atom. The van der Waals surface area contributed by atoms with Gasteiger partial charge >= 0.3 is 17.9 Å². The Hall–Kier alpha value is -4.45. The fourth-order valence-corrected chi connectivity index (χ4v) is 7.71. The van der Waals surface area contributed by atoms with Crippen LogP contribution in [0.25, 0.3) is 0 Å². The van der Waals surface area contributed by atoms with Crippen molar-refractivity contribution in [3.63, 3.8) is 0 Å². The first-order chi connectivity index (χ1) is 36.0. The average Bonchev–Trinajstić information content (AvgIpc) is 3.39. The maximum Gasteiger partial charge on any atom is 0.306 e. The molecule has 0 heterocycles. The molecular formula is C67H108O6. The van der Waals surface area contributed by atoms with Gasteiger partial charge in [0.25, 0.3) is 0 Å². The van der Waals surface area contributed by atoms with Gasteiger partial charge in [0, 0.05) is 19.3 Å². The predicted molar refractivity (Wildman–Crippen MR) is 316 cm³/mol. The van der Waals surface area contributed by atoms with Crippen molar-refractivity contribution in [3.8, 4) is 0 Å². The Morgan fingerprint density at radius 1 is 0.288 bits per heavy atom. The van der Waals surface area contributed by atoms with Crippen molar-refractivity contribution in [2.75, 3.05) is 13.2 Å². The van der Waals surface area contributed by atoms with E-state index >= 15 is 0 Å². The summed E-state index contributed by atoms with van der Waals surface area (Å²) in [6.07, 6.45) is 84.6. The number of unbranched alkanes of at least 4 members (excludes halogenated alkanes) is 19. The molecule has 0 aromatic rings. The molecule has 1 unspecified atom stereocenters. The number of ether oxygens (including phenoxy) is 3. The summed E-state index contributed by atoms with van der Waals surface area (Å²) in [6.45, 7) is 6.32. The molecule has 0 N–H and O–H groups in total. The fraction of sp³-hybridized carbons (Fsp3) is 0.627. The minimum atomic E-state index is -0.809. The molecule has 0 aliphatic carbocycles. The van der Waals surface area contributed by atoms with Crippen LogP contribution in [0.4, 0.5) is 0 Å². The third-order valence-corrected chi connectivity index (χ3v) is 12.1. The summed E-state index contributed by atoms with van der Waals surface area (Å²) < 4.78 is 16.8. The maximum absolute atomic E-state index is 12.8. The molecular weight excluding hydrogens is 901 g/mol. The standard InChI is InChI=1S/C67H108O6/c1-4-7-10-13-16-19-22-24-26-27-28-29-30-31-32-33-34-35-36-37-38-39-41-42-45-48-51-54-57-60-66(69)72-63-64(62-71-65(68)59-56-53-50-47-44-21-18-15-12-9-6-3)73-67(70)61-58-55-52-49-46-43-40-25-23-20-17-14-11-8-5-2/h7-8,10-11,15-20,24-26,28-29,31-32,34-35,40,46,49,64H,4-6,9,12-14,21-23,27,30,33,36-39,41-45,47-48,50-63H2,1-3H3/b10-7-,11-8-,18-15-,19-16-,20-17-,26-24-,29-28-,32-31-,35-34-,40-25-,49-46-. The largest absolute Gasteiger partial charge is 0.462 e. The van der Waals surface area contributed by atoms with Gasteiger partial charge in [0.1, 0.15) is 13.2 Å². The van der Waals surface area contributed by atoms with Crippen molar-refractivity contribution in [3.05, 3.63) is 134 Å². The summed E-state index contributed by atoms with van der Waals surface area (Å²) in [5, 5.41) is 0. The lowest BCUT2D eigenvalue weighted by atomic mass is 10.1. The summed E-state index contributed by atoms with van der Waals surface area (Å²) >= 11 is 0. The van der Waals surface area contributed by atoms with Crippen LogP contribution >= 0.6 is 0 Å². The Kier molecular flexibility index (Phi) is 56.4. The van der Waals surface area contributed by atoms with Gasteiger partial charge in [-0.05, 0) is 128 Å². The van der Waals surface area contributed by atoms with Gasteiger partial charge < -0.3 is 14.2 Å². The van der Waals surface area contributed by atoms with Crippen molar-refractivity contribution in [1.82, 2.24) is 0 Å². The normalized spacial score (nSPS) is 13.1. The van der Waals surface area contributed by atoms with Gasteiger partial charge in [-0.25, -0.2) is 0 Å². The second-order valence-electron chi connectivity index (χ2n) is 19.1. The molecule has 0 saturated carbocycles. The zero-order valence-corrected chi connectivity index (χ0v) is 47.1. The highest BCUT2D eigenvalue weighted by molar-refractivity contribution is 5.71. The topological polar surface area (TPSA) is 78.9 Å². The molecule has 0 fully saturated rings. The lowest BCUT2D eigenvalue weighted by molar-refractivity contribution is -0.167. The second kappa shape index (κ2) is 60.1. The second-order valence-corrected chi connectivity index (χ2v) is 19.1. The highest BCUT2D eigenvalue weighted by atomic mass is 16.6. The molecule has 73 heavy (non-hydrogen) atoms. The van der Waals surface area contributed by atoms with Gasteiger partial charge in [-0.15, -0.1) is 0 Å². The number of allylic oxidation sites excluding steroid dienone is 22. The van der Waals surface area contributed by atoms with Crippen LogP contribution in [0, 0.1) is 0 Å². The van der Waals surface area contributed by atoms with E-state index in [0.717, 1.165) is 128 Å². The summed E-state index contributed by atoms with van der Waals surface area (Å²) in [5.41, 5.74) is 0. The number of hydrogen-bond donors (Lipinski definition) is 0. The summed E-state index contributed by atoms with van der Waals surface area (Å²) in [4.78, 5) is 38.1. The highest BCUT2D eigenvalue weighted by Crippen LogP contribution is 2.14. The lowest BCUT2D eigenvalue weighted by Gasteiger charge is -2.18. The van der Waals surface area contributed by atoms with E-state index in [4.69, 9.17) is 14.2 Å². The minimum Gasteiger partial charge on any atom is -0.462 e. The summed E-state index contributed by atoms with van der Waals surface area (Å²) in [7, 11) is 0. The Balaban J connectivity index is 4.30. The monoisotopic (exact) mass is 1010 g/mol. The molecule has 0 radical (unpaired) electrons. The number of rotatable bonds is 52. The smallest absolute Gasteiger partial charge is 0.306 e. The molecule has 0 rings (SSSR count). The Bertz CT molecular complexity index is 1580. The van der Waals surface area contributed by atoms with Crippen molar-refractivity contribution >= 4 is 17.9 Å². The fourth-order valence-electron chi connectivity index (χ4n) is 7.71. The molecule has 1 atom stereocenters. The summed E-state index contributed by atoms with van der Waals surface area (Å²) in [5.74, 6) is -0.963. The molecule has 0 aromatic carbocycles. The van der Waals surface area contributed by atoms with Crippen molar-refractivity contribution in [2.45, 2.75) is 258 Å². The van der Waals surface area contributed by atoms with Crippen molar-refractivity contribution in [1.29, 1.82) is 0 Å². The van der Waals surface area contributed by atoms with Crippen LogP contribution in [-0.4, -0.2) is 37.2 Å².